The van der Waals surface area contributed by atoms with Crippen LogP contribution in [-0.4, -0.2) is 48.8 Å². The topological polar surface area (TPSA) is 126 Å². The van der Waals surface area contributed by atoms with E-state index in [1.165, 1.54) is 12.1 Å². The number of ether oxygens (including phenoxy) is 1. The van der Waals surface area contributed by atoms with E-state index in [4.69, 9.17) is 4.74 Å². The van der Waals surface area contributed by atoms with Gasteiger partial charge in [-0.2, -0.15) is 21.6 Å². The highest BCUT2D eigenvalue weighted by Crippen LogP contribution is 2.40. The minimum atomic E-state index is -5.71. The molecule has 0 radical (unpaired) electrons. The van der Waals surface area contributed by atoms with Crippen LogP contribution in [0.1, 0.15) is 62.3 Å². The van der Waals surface area contributed by atoms with Crippen molar-refractivity contribution in [1.82, 2.24) is 10.2 Å². The van der Waals surface area contributed by atoms with Gasteiger partial charge in [0.15, 0.2) is 0 Å². The third-order valence-electron chi connectivity index (χ3n) is 5.46. The molecule has 0 fully saturated rings. The van der Waals surface area contributed by atoms with Gasteiger partial charge >= 0.3 is 21.5 Å². The van der Waals surface area contributed by atoms with Crippen molar-refractivity contribution in [3.8, 4) is 0 Å². The number of aromatic nitrogens is 2. The number of hydrogen-bond donors (Lipinski definition) is 1. The predicted molar refractivity (Wildman–Crippen MR) is 130 cm³/mol. The van der Waals surface area contributed by atoms with Crippen molar-refractivity contribution >= 4 is 49.5 Å². The van der Waals surface area contributed by atoms with Crippen LogP contribution in [0.2, 0.25) is 0 Å². The molecule has 1 aliphatic heterocycles. The zero-order chi connectivity index (χ0) is 26.7. The Labute approximate surface area is 211 Å². The summed E-state index contributed by atoms with van der Waals surface area (Å²) in [7, 11) is -5.71. The lowest BCUT2D eigenvalue weighted by Crippen LogP contribution is -2.38. The van der Waals surface area contributed by atoms with Gasteiger partial charge in [-0.15, -0.1) is 20.4 Å². The highest BCUT2D eigenvalue weighted by molar-refractivity contribution is 7.93. The number of aryl methyl sites for hydroxylation is 1. The molecule has 1 N–H and O–H groups in total. The van der Waals surface area contributed by atoms with Crippen LogP contribution in [0.5, 0.6) is 0 Å². The Morgan fingerprint density at radius 2 is 1.92 bits per heavy atom. The van der Waals surface area contributed by atoms with Gasteiger partial charge in [-0.3, -0.25) is 4.72 Å². The molecule has 0 saturated heterocycles. The van der Waals surface area contributed by atoms with E-state index >= 15 is 0 Å². The van der Waals surface area contributed by atoms with Crippen LogP contribution in [0.15, 0.2) is 22.4 Å². The van der Waals surface area contributed by atoms with E-state index in [-0.39, 0.29) is 33.7 Å². The quantitative estimate of drug-likeness (QED) is 0.314. The number of anilines is 2. The van der Waals surface area contributed by atoms with Gasteiger partial charge in [0, 0.05) is 18.3 Å². The van der Waals surface area contributed by atoms with Crippen LogP contribution in [0.25, 0.3) is 0 Å². The zero-order valence-electron chi connectivity index (χ0n) is 20.2. The van der Waals surface area contributed by atoms with Gasteiger partial charge in [0.2, 0.25) is 5.01 Å². The molecule has 198 valence electrons. The Bertz CT molecular complexity index is 1230. The summed E-state index contributed by atoms with van der Waals surface area (Å²) in [5.41, 5.74) is -4.53. The van der Waals surface area contributed by atoms with Crippen LogP contribution in [0.3, 0.4) is 0 Å². The largest absolute Gasteiger partial charge is 0.516 e. The van der Waals surface area contributed by atoms with Crippen LogP contribution in [0, 0.1) is 0 Å². The lowest BCUT2D eigenvalue weighted by Gasteiger charge is -2.38. The van der Waals surface area contributed by atoms with Gasteiger partial charge in [0.1, 0.15) is 5.69 Å². The number of nitrogens with zero attached hydrogens (tertiary/aromatic N) is 5. The molecule has 0 aliphatic carbocycles. The molecule has 2 heterocycles. The van der Waals surface area contributed by atoms with E-state index in [1.807, 2.05) is 13.8 Å². The maximum Gasteiger partial charge on any atom is 0.516 e. The van der Waals surface area contributed by atoms with E-state index in [1.54, 1.807) is 18.6 Å². The summed E-state index contributed by atoms with van der Waals surface area (Å²) in [6.45, 7) is 8.08. The number of nitrogens with one attached hydrogen (secondary N) is 1. The highest BCUT2D eigenvalue weighted by Gasteiger charge is 2.46. The summed E-state index contributed by atoms with van der Waals surface area (Å²) < 4.78 is 69.9. The van der Waals surface area contributed by atoms with Crippen molar-refractivity contribution in [3.05, 3.63) is 22.7 Å². The fourth-order valence-corrected chi connectivity index (χ4v) is 4.94. The predicted octanol–water partition coefficient (Wildman–Crippen LogP) is 5.72. The van der Waals surface area contributed by atoms with Crippen LogP contribution in [-0.2, 0) is 21.2 Å². The second-order valence-corrected chi connectivity index (χ2v) is 11.0. The summed E-state index contributed by atoms with van der Waals surface area (Å²) in [5, 5.41) is 15.1. The molecule has 10 nitrogen and oxygen atoms in total. The van der Waals surface area contributed by atoms with Crippen molar-refractivity contribution in [2.24, 2.45) is 10.2 Å². The van der Waals surface area contributed by atoms with E-state index in [9.17, 15) is 26.4 Å². The number of carbonyl (C=O) groups excluding carboxylic acids is 1. The number of alkyl halides is 3. The monoisotopic (exact) mass is 548 g/mol. The third-order valence-corrected chi connectivity index (χ3v) is 7.34. The molecule has 0 spiro atoms. The van der Waals surface area contributed by atoms with Gasteiger partial charge in [-0.05, 0) is 57.2 Å². The number of halogens is 3. The summed E-state index contributed by atoms with van der Waals surface area (Å²) in [4.78, 5) is 14.1. The van der Waals surface area contributed by atoms with Gasteiger partial charge in [-0.25, -0.2) is 4.79 Å². The number of sulfonamides is 1. The fourth-order valence-electron chi connectivity index (χ4n) is 3.82. The number of carbonyl (C=O) groups is 1. The maximum absolute atomic E-state index is 13.1. The standard InChI is InChI=1S/C21H27F3N6O4S2/c1-5-14(6-2)30-9-7-8-13-10-15(16(11-17(13)30)29-36(32,33)21(22,23)24)25-27-20-28-26-18(35-20)19(31)34-12(3)4/h10-12,14,29H,5-9H2,1-4H3. The number of esters is 1. The number of azo groups is 1. The molecule has 1 aromatic heterocycles. The Morgan fingerprint density at radius 3 is 2.53 bits per heavy atom. The first-order valence-corrected chi connectivity index (χ1v) is 13.6. The Hall–Kier alpha value is -2.81. The Morgan fingerprint density at radius 1 is 1.22 bits per heavy atom. The third kappa shape index (κ3) is 6.30. The molecule has 1 aliphatic rings. The minimum absolute atomic E-state index is 0.0493. The van der Waals surface area contributed by atoms with Crippen molar-refractivity contribution in [1.29, 1.82) is 0 Å². The van der Waals surface area contributed by atoms with E-state index < -0.39 is 21.5 Å². The average molecular weight is 549 g/mol. The summed E-state index contributed by atoms with van der Waals surface area (Å²) in [6.07, 6.45) is 2.74. The first-order valence-electron chi connectivity index (χ1n) is 11.3. The summed E-state index contributed by atoms with van der Waals surface area (Å²) in [5.74, 6) is -0.696. The molecule has 0 unspecified atom stereocenters. The molecule has 0 bridgehead atoms. The first kappa shape index (κ1) is 27.8. The molecule has 0 saturated carbocycles. The molecule has 15 heteroatoms. The first-order chi connectivity index (χ1) is 16.9. The van der Waals surface area contributed by atoms with E-state index in [0.717, 1.165) is 36.2 Å². The van der Waals surface area contributed by atoms with Crippen LogP contribution >= 0.6 is 11.3 Å². The van der Waals surface area contributed by atoms with Crippen LogP contribution < -0.4 is 9.62 Å². The van der Waals surface area contributed by atoms with Crippen LogP contribution in [0.4, 0.5) is 35.4 Å². The SMILES string of the molecule is CCC(CC)N1CCCc2cc(N=Nc3nnc(C(=O)OC(C)C)s3)c(NS(=O)(=O)C(F)(F)F)cc21. The van der Waals surface area contributed by atoms with Crippen molar-refractivity contribution in [2.45, 2.75) is 71.0 Å². The Kier molecular flexibility index (Phi) is 8.54. The average Bonchev–Trinajstić information content (AvgIpc) is 3.26. The number of rotatable bonds is 9. The minimum Gasteiger partial charge on any atom is -0.458 e. The molecule has 3 rings (SSSR count). The summed E-state index contributed by atoms with van der Waals surface area (Å²) in [6, 6.07) is 3.04. The van der Waals surface area contributed by atoms with Gasteiger partial charge in [0.25, 0.3) is 5.13 Å². The maximum atomic E-state index is 13.1. The second kappa shape index (κ2) is 11.1. The summed E-state index contributed by atoms with van der Waals surface area (Å²) >= 11 is 0.780. The smallest absolute Gasteiger partial charge is 0.458 e. The molecule has 2 aromatic rings. The van der Waals surface area contributed by atoms with E-state index in [2.05, 4.69) is 25.3 Å². The highest BCUT2D eigenvalue weighted by atomic mass is 32.2. The lowest BCUT2D eigenvalue weighted by molar-refractivity contribution is -0.0429. The molecular weight excluding hydrogens is 521 g/mol. The fraction of sp³-hybridized carbons (Fsp3) is 0.571. The zero-order valence-corrected chi connectivity index (χ0v) is 21.8. The lowest BCUT2D eigenvalue weighted by atomic mass is 9.97. The molecule has 0 amide bonds. The van der Waals surface area contributed by atoms with Gasteiger partial charge < -0.3 is 9.64 Å². The van der Waals surface area contributed by atoms with Crippen molar-refractivity contribution in [2.75, 3.05) is 16.2 Å². The molecule has 1 aromatic carbocycles. The number of hydrogen-bond acceptors (Lipinski definition) is 10. The van der Waals surface area contributed by atoms with Crippen molar-refractivity contribution < 1.29 is 31.1 Å². The van der Waals surface area contributed by atoms with E-state index in [0.29, 0.717) is 18.7 Å². The number of benzene rings is 1. The second-order valence-electron chi connectivity index (χ2n) is 8.36. The van der Waals surface area contributed by atoms with Crippen molar-refractivity contribution in [3.63, 3.8) is 0 Å². The number of fused-ring (bicyclic) bond motifs is 1. The normalized spacial score (nSPS) is 14.5. The molecule has 36 heavy (non-hydrogen) atoms. The molecule has 0 atom stereocenters. The molecular formula is C21H27F3N6O4S2. The Balaban J connectivity index is 2.03. The van der Waals surface area contributed by atoms with Gasteiger partial charge in [0.05, 0.1) is 11.8 Å². The van der Waals surface area contributed by atoms with Gasteiger partial charge in [-0.1, -0.05) is 25.2 Å².